The first-order valence-corrected chi connectivity index (χ1v) is 14.2. The Bertz CT molecular complexity index is 1730. The van der Waals surface area contributed by atoms with Crippen LogP contribution in [0.15, 0.2) is 61.1 Å². The standard InChI is InChI=1S/C30H30F3N9O2/c1-40(21-8-9-21)13-2-3-24(43)41-14-11-22(16-41)42-28-25(27(34)36-17-37-28)26(39-42)18-4-6-19(7-5-18)29(44)38-23-15-20(10-12-35-23)30(31,32)33/h2-7,10,12,15,17,21-22H,8-9,11,13-14,16H2,1H3,(H2,34,36,37)(H,35,38,44)/b3-2+/t22-/m1/s1. The molecule has 0 bridgehead atoms. The van der Waals surface area contributed by atoms with Crippen molar-refractivity contribution >= 4 is 34.5 Å². The molecule has 6 rings (SSSR count). The number of aromatic nitrogens is 5. The fourth-order valence-corrected chi connectivity index (χ4v) is 5.33. The van der Waals surface area contributed by atoms with Crippen LogP contribution < -0.4 is 11.1 Å². The Kier molecular flexibility index (Phi) is 7.76. The van der Waals surface area contributed by atoms with Gasteiger partial charge in [0.05, 0.1) is 17.0 Å². The van der Waals surface area contributed by atoms with Gasteiger partial charge in [-0.05, 0) is 50.6 Å². The number of nitrogens with zero attached hydrogens (tertiary/aromatic N) is 7. The van der Waals surface area contributed by atoms with Gasteiger partial charge in [-0.15, -0.1) is 0 Å². The largest absolute Gasteiger partial charge is 0.416 e. The van der Waals surface area contributed by atoms with Crippen LogP contribution in [0.1, 0.15) is 41.2 Å². The number of benzene rings is 1. The van der Waals surface area contributed by atoms with Crippen LogP contribution in [0.5, 0.6) is 0 Å². The van der Waals surface area contributed by atoms with Crippen molar-refractivity contribution in [3.8, 4) is 11.3 Å². The van der Waals surface area contributed by atoms with Gasteiger partial charge in [0, 0.05) is 49.1 Å². The van der Waals surface area contributed by atoms with Crippen LogP contribution in [-0.4, -0.2) is 79.1 Å². The molecule has 1 saturated carbocycles. The van der Waals surface area contributed by atoms with Gasteiger partial charge in [0.1, 0.15) is 23.7 Å². The molecule has 2 fully saturated rings. The number of nitrogen functional groups attached to an aromatic ring is 1. The average Bonchev–Trinajstić information content (AvgIpc) is 3.61. The first kappa shape index (κ1) is 29.2. The van der Waals surface area contributed by atoms with Crippen LogP contribution in [-0.2, 0) is 11.0 Å². The van der Waals surface area contributed by atoms with Crippen molar-refractivity contribution in [2.75, 3.05) is 37.7 Å². The molecular formula is C30H30F3N9O2. The van der Waals surface area contributed by atoms with Gasteiger partial charge >= 0.3 is 6.18 Å². The molecule has 2 amide bonds. The maximum atomic E-state index is 13.0. The molecule has 14 heteroatoms. The lowest BCUT2D eigenvalue weighted by Crippen LogP contribution is -2.28. The lowest BCUT2D eigenvalue weighted by molar-refractivity contribution is -0.137. The summed E-state index contributed by atoms with van der Waals surface area (Å²) in [6.45, 7) is 1.78. The number of likely N-dealkylation sites (N-methyl/N-ethyl adjacent to an activating group) is 1. The molecule has 3 N–H and O–H groups in total. The summed E-state index contributed by atoms with van der Waals surface area (Å²) in [7, 11) is 2.06. The van der Waals surface area contributed by atoms with Gasteiger partial charge in [0.2, 0.25) is 5.91 Å². The smallest absolute Gasteiger partial charge is 0.383 e. The van der Waals surface area contributed by atoms with Crippen molar-refractivity contribution in [3.63, 3.8) is 0 Å². The van der Waals surface area contributed by atoms with E-state index < -0.39 is 17.6 Å². The Labute approximate surface area is 250 Å². The highest BCUT2D eigenvalue weighted by Crippen LogP contribution is 2.34. The summed E-state index contributed by atoms with van der Waals surface area (Å²) >= 11 is 0. The molecule has 1 aromatic carbocycles. The quantitative estimate of drug-likeness (QED) is 0.286. The first-order valence-electron chi connectivity index (χ1n) is 14.2. The third-order valence-corrected chi connectivity index (χ3v) is 7.91. The molecule has 2 aliphatic rings. The number of carbonyl (C=O) groups is 2. The molecule has 0 unspecified atom stereocenters. The number of nitrogens with one attached hydrogen (secondary N) is 1. The highest BCUT2D eigenvalue weighted by molar-refractivity contribution is 6.04. The summed E-state index contributed by atoms with van der Waals surface area (Å²) in [5.41, 5.74) is 7.24. The molecule has 1 aliphatic carbocycles. The zero-order valence-electron chi connectivity index (χ0n) is 23.8. The SMILES string of the molecule is CN(C/C=C/C(=O)N1CC[C@@H](n2nc(-c3ccc(C(=O)Nc4cc(C(F)(F)F)ccn4)cc3)c3c(N)ncnc32)C1)C1CC1. The second-order valence-electron chi connectivity index (χ2n) is 11.0. The topological polar surface area (TPSA) is 135 Å². The molecule has 1 aliphatic heterocycles. The Morgan fingerprint density at radius 2 is 1.89 bits per heavy atom. The van der Waals surface area contributed by atoms with E-state index in [0.29, 0.717) is 47.8 Å². The van der Waals surface area contributed by atoms with Crippen LogP contribution in [0.4, 0.5) is 24.8 Å². The minimum atomic E-state index is -4.56. The van der Waals surface area contributed by atoms with E-state index in [2.05, 4.69) is 32.2 Å². The van der Waals surface area contributed by atoms with Crippen LogP contribution in [0.3, 0.4) is 0 Å². The Morgan fingerprint density at radius 3 is 2.61 bits per heavy atom. The molecule has 4 heterocycles. The summed E-state index contributed by atoms with van der Waals surface area (Å²) in [6.07, 6.45) is 4.44. The second-order valence-corrected chi connectivity index (χ2v) is 11.0. The number of carbonyl (C=O) groups excluding carboxylic acids is 2. The van der Waals surface area contributed by atoms with Gasteiger partial charge in [-0.2, -0.15) is 18.3 Å². The Morgan fingerprint density at radius 1 is 1.11 bits per heavy atom. The first-order chi connectivity index (χ1) is 21.1. The van der Waals surface area contributed by atoms with Crippen molar-refractivity contribution in [3.05, 3.63) is 72.2 Å². The van der Waals surface area contributed by atoms with E-state index in [-0.39, 0.29) is 29.1 Å². The molecule has 44 heavy (non-hydrogen) atoms. The molecule has 1 atom stereocenters. The Balaban J connectivity index is 1.19. The van der Waals surface area contributed by atoms with Crippen LogP contribution >= 0.6 is 0 Å². The van der Waals surface area contributed by atoms with E-state index in [1.54, 1.807) is 27.8 Å². The average molecular weight is 606 g/mol. The molecular weight excluding hydrogens is 575 g/mol. The minimum absolute atomic E-state index is 0.0447. The zero-order valence-corrected chi connectivity index (χ0v) is 23.8. The fourth-order valence-electron chi connectivity index (χ4n) is 5.33. The number of halogens is 3. The van der Waals surface area contributed by atoms with Crippen molar-refractivity contribution in [1.29, 1.82) is 0 Å². The van der Waals surface area contributed by atoms with E-state index >= 15 is 0 Å². The number of nitrogens with two attached hydrogens (primary N) is 1. The number of anilines is 2. The van der Waals surface area contributed by atoms with Gasteiger partial charge in [-0.1, -0.05) is 18.2 Å². The van der Waals surface area contributed by atoms with E-state index in [1.807, 2.05) is 6.08 Å². The number of fused-ring (bicyclic) bond motifs is 1. The predicted octanol–water partition coefficient (Wildman–Crippen LogP) is 4.17. The summed E-state index contributed by atoms with van der Waals surface area (Å²) < 4.78 is 40.9. The lowest BCUT2D eigenvalue weighted by Gasteiger charge is -2.16. The second kappa shape index (κ2) is 11.7. The number of hydrogen-bond donors (Lipinski definition) is 2. The van der Waals surface area contributed by atoms with Crippen molar-refractivity contribution in [2.24, 2.45) is 0 Å². The number of likely N-dealkylation sites (tertiary alicyclic amines) is 1. The normalized spacial score (nSPS) is 17.2. The molecule has 4 aromatic rings. The zero-order chi connectivity index (χ0) is 31.0. The monoisotopic (exact) mass is 605 g/mol. The third kappa shape index (κ3) is 6.11. The fraction of sp³-hybridized carbons (Fsp3) is 0.333. The van der Waals surface area contributed by atoms with Gasteiger partial charge in [0.15, 0.2) is 5.65 Å². The van der Waals surface area contributed by atoms with Crippen molar-refractivity contribution in [1.82, 2.24) is 34.5 Å². The van der Waals surface area contributed by atoms with E-state index in [4.69, 9.17) is 10.8 Å². The van der Waals surface area contributed by atoms with Crippen LogP contribution in [0.2, 0.25) is 0 Å². The van der Waals surface area contributed by atoms with Gasteiger partial charge < -0.3 is 16.0 Å². The molecule has 1 saturated heterocycles. The highest BCUT2D eigenvalue weighted by Gasteiger charge is 2.32. The number of amides is 2. The maximum Gasteiger partial charge on any atom is 0.416 e. The summed E-state index contributed by atoms with van der Waals surface area (Å²) in [6, 6.07) is 8.50. The molecule has 228 valence electrons. The number of rotatable bonds is 8. The molecule has 3 aromatic heterocycles. The number of pyridine rings is 1. The van der Waals surface area contributed by atoms with Crippen LogP contribution in [0.25, 0.3) is 22.3 Å². The molecule has 0 spiro atoms. The number of alkyl halides is 3. The predicted molar refractivity (Wildman–Crippen MR) is 157 cm³/mol. The highest BCUT2D eigenvalue weighted by atomic mass is 19.4. The van der Waals surface area contributed by atoms with Crippen molar-refractivity contribution in [2.45, 2.75) is 37.5 Å². The van der Waals surface area contributed by atoms with E-state index in [0.717, 1.165) is 24.9 Å². The Hall–Kier alpha value is -4.85. The third-order valence-electron chi connectivity index (χ3n) is 7.91. The van der Waals surface area contributed by atoms with E-state index in [1.165, 1.54) is 31.3 Å². The van der Waals surface area contributed by atoms with E-state index in [9.17, 15) is 22.8 Å². The molecule has 11 nitrogen and oxygen atoms in total. The van der Waals surface area contributed by atoms with Crippen molar-refractivity contribution < 1.29 is 22.8 Å². The van der Waals surface area contributed by atoms with Gasteiger partial charge in [-0.3, -0.25) is 14.5 Å². The molecule has 0 radical (unpaired) electrons. The maximum absolute atomic E-state index is 13.0. The van der Waals surface area contributed by atoms with Crippen LogP contribution in [0, 0.1) is 0 Å². The minimum Gasteiger partial charge on any atom is -0.383 e. The summed E-state index contributed by atoms with van der Waals surface area (Å²) in [5, 5.41) is 7.78. The summed E-state index contributed by atoms with van der Waals surface area (Å²) in [5.74, 6) is -0.640. The number of hydrogen-bond acceptors (Lipinski definition) is 8. The van der Waals surface area contributed by atoms with Gasteiger partial charge in [-0.25, -0.2) is 19.6 Å². The van der Waals surface area contributed by atoms with Gasteiger partial charge in [0.25, 0.3) is 5.91 Å². The summed E-state index contributed by atoms with van der Waals surface area (Å²) in [4.78, 5) is 42.0. The lowest BCUT2D eigenvalue weighted by atomic mass is 10.1.